The van der Waals surface area contributed by atoms with Crippen molar-refractivity contribution < 1.29 is 32.2 Å². The topological polar surface area (TPSA) is 100 Å². The molecule has 0 bridgehead atoms. The van der Waals surface area contributed by atoms with E-state index < -0.39 is 31.1 Å². The highest BCUT2D eigenvalue weighted by atomic mass is 19.4. The number of halogens is 3. The van der Waals surface area contributed by atoms with Crippen LogP contribution < -0.4 is 20.1 Å². The first-order valence-corrected chi connectivity index (χ1v) is 7.22. The minimum Gasteiger partial charge on any atom is -0.493 e. The number of rotatable bonds is 8. The molecule has 2 amide bonds. The SMILES string of the molecule is COc1cc(C=CC(=O)NCC(=O)NCC(F)(F)F)ccc1OCC#N. The van der Waals surface area contributed by atoms with Crippen molar-refractivity contribution in [3.8, 4) is 17.6 Å². The summed E-state index contributed by atoms with van der Waals surface area (Å²) in [5, 5.41) is 12.3. The summed E-state index contributed by atoms with van der Waals surface area (Å²) in [7, 11) is 1.41. The minimum atomic E-state index is -4.51. The molecule has 0 saturated heterocycles. The van der Waals surface area contributed by atoms with Crippen LogP contribution in [0.3, 0.4) is 0 Å². The zero-order chi connectivity index (χ0) is 19.6. The summed E-state index contributed by atoms with van der Waals surface area (Å²) >= 11 is 0. The quantitative estimate of drug-likeness (QED) is 0.673. The Labute approximate surface area is 147 Å². The van der Waals surface area contributed by atoms with Gasteiger partial charge >= 0.3 is 6.18 Å². The Balaban J connectivity index is 2.55. The molecule has 2 N–H and O–H groups in total. The number of nitrogens with one attached hydrogen (secondary N) is 2. The fourth-order valence-electron chi connectivity index (χ4n) is 1.68. The molecule has 1 aromatic rings. The van der Waals surface area contributed by atoms with E-state index in [2.05, 4.69) is 5.32 Å². The zero-order valence-electron chi connectivity index (χ0n) is 13.7. The van der Waals surface area contributed by atoms with Crippen LogP contribution in [-0.4, -0.2) is 44.8 Å². The Morgan fingerprint density at radius 2 is 2.00 bits per heavy atom. The van der Waals surface area contributed by atoms with E-state index in [0.717, 1.165) is 6.08 Å². The van der Waals surface area contributed by atoms with Gasteiger partial charge in [0.05, 0.1) is 13.7 Å². The molecule has 0 spiro atoms. The van der Waals surface area contributed by atoms with Gasteiger partial charge in [0.2, 0.25) is 11.8 Å². The van der Waals surface area contributed by atoms with Gasteiger partial charge in [0.15, 0.2) is 18.1 Å². The average molecular weight is 371 g/mol. The number of hydrogen-bond donors (Lipinski definition) is 2. The molecular formula is C16H16F3N3O4. The molecule has 0 atom stereocenters. The van der Waals surface area contributed by atoms with E-state index in [1.165, 1.54) is 13.2 Å². The molecule has 26 heavy (non-hydrogen) atoms. The van der Waals surface area contributed by atoms with Crippen LogP contribution in [0, 0.1) is 11.3 Å². The smallest absolute Gasteiger partial charge is 0.405 e. The molecule has 0 aliphatic heterocycles. The second kappa shape index (κ2) is 9.93. The molecule has 0 aliphatic rings. The van der Waals surface area contributed by atoms with Gasteiger partial charge in [-0.25, -0.2) is 0 Å². The van der Waals surface area contributed by atoms with E-state index in [1.807, 2.05) is 6.07 Å². The Hall–Kier alpha value is -3.22. The fraction of sp³-hybridized carbons (Fsp3) is 0.312. The lowest BCUT2D eigenvalue weighted by Crippen LogP contribution is -2.40. The predicted molar refractivity (Wildman–Crippen MR) is 85.2 cm³/mol. The molecular weight excluding hydrogens is 355 g/mol. The van der Waals surface area contributed by atoms with Crippen LogP contribution in [0.1, 0.15) is 5.56 Å². The maximum atomic E-state index is 11.9. The van der Waals surface area contributed by atoms with Crippen LogP contribution in [0.5, 0.6) is 11.5 Å². The van der Waals surface area contributed by atoms with Crippen LogP contribution >= 0.6 is 0 Å². The van der Waals surface area contributed by atoms with Crippen molar-refractivity contribution in [2.75, 3.05) is 26.8 Å². The third-order valence-corrected chi connectivity index (χ3v) is 2.82. The Morgan fingerprint density at radius 1 is 1.27 bits per heavy atom. The number of ether oxygens (including phenoxy) is 2. The summed E-state index contributed by atoms with van der Waals surface area (Å²) in [4.78, 5) is 22.8. The van der Waals surface area contributed by atoms with Crippen molar-refractivity contribution in [2.45, 2.75) is 6.18 Å². The Bertz CT molecular complexity index is 712. The van der Waals surface area contributed by atoms with Crippen molar-refractivity contribution in [3.63, 3.8) is 0 Å². The second-order valence-corrected chi connectivity index (χ2v) is 4.80. The van der Waals surface area contributed by atoms with Crippen molar-refractivity contribution in [1.82, 2.24) is 10.6 Å². The van der Waals surface area contributed by atoms with Crippen molar-refractivity contribution >= 4 is 17.9 Å². The van der Waals surface area contributed by atoms with Gasteiger partial charge in [-0.1, -0.05) is 6.07 Å². The second-order valence-electron chi connectivity index (χ2n) is 4.80. The maximum absolute atomic E-state index is 11.9. The van der Waals surface area contributed by atoms with Gasteiger partial charge in [0, 0.05) is 6.08 Å². The molecule has 140 valence electrons. The van der Waals surface area contributed by atoms with Gasteiger partial charge in [-0.2, -0.15) is 18.4 Å². The molecule has 1 aromatic carbocycles. The van der Waals surface area contributed by atoms with Gasteiger partial charge in [-0.15, -0.1) is 0 Å². The first-order valence-electron chi connectivity index (χ1n) is 7.22. The highest BCUT2D eigenvalue weighted by Gasteiger charge is 2.27. The lowest BCUT2D eigenvalue weighted by atomic mass is 10.2. The summed E-state index contributed by atoms with van der Waals surface area (Å²) in [5.41, 5.74) is 0.572. The van der Waals surface area contributed by atoms with E-state index in [4.69, 9.17) is 14.7 Å². The predicted octanol–water partition coefficient (Wildman–Crippen LogP) is 1.41. The third kappa shape index (κ3) is 8.05. The van der Waals surface area contributed by atoms with Gasteiger partial charge < -0.3 is 20.1 Å². The largest absolute Gasteiger partial charge is 0.493 e. The minimum absolute atomic E-state index is 0.148. The fourth-order valence-corrected chi connectivity index (χ4v) is 1.68. The Kier molecular flexibility index (Phi) is 7.95. The van der Waals surface area contributed by atoms with Crippen molar-refractivity contribution in [2.24, 2.45) is 0 Å². The molecule has 0 radical (unpaired) electrons. The standard InChI is InChI=1S/C16H16F3N3O4/c1-25-13-8-11(2-4-12(13)26-7-6-20)3-5-14(23)21-9-15(24)22-10-16(17,18)19/h2-5,8H,7,9-10H2,1H3,(H,21,23)(H,22,24). The van der Waals surface area contributed by atoms with E-state index in [9.17, 15) is 22.8 Å². The number of nitrogens with zero attached hydrogens (tertiary/aromatic N) is 1. The molecule has 0 heterocycles. The normalized spacial score (nSPS) is 10.9. The monoisotopic (exact) mass is 371 g/mol. The molecule has 0 aliphatic carbocycles. The Morgan fingerprint density at radius 3 is 2.62 bits per heavy atom. The van der Waals surface area contributed by atoms with Crippen LogP contribution in [0.4, 0.5) is 13.2 Å². The van der Waals surface area contributed by atoms with Crippen LogP contribution in [0.2, 0.25) is 0 Å². The lowest BCUT2D eigenvalue weighted by Gasteiger charge is -2.09. The lowest BCUT2D eigenvalue weighted by molar-refractivity contribution is -0.138. The molecule has 0 fully saturated rings. The first kappa shape index (κ1) is 20.8. The first-order chi connectivity index (χ1) is 12.2. The average Bonchev–Trinajstić information content (AvgIpc) is 2.60. The van der Waals surface area contributed by atoms with E-state index in [-0.39, 0.29) is 6.61 Å². The van der Waals surface area contributed by atoms with E-state index in [0.29, 0.717) is 17.1 Å². The summed E-state index contributed by atoms with van der Waals surface area (Å²) in [6, 6.07) is 6.54. The molecule has 0 saturated carbocycles. The number of carbonyl (C=O) groups is 2. The summed E-state index contributed by atoms with van der Waals surface area (Å²) in [5.74, 6) is -0.896. The van der Waals surface area contributed by atoms with Gasteiger partial charge in [-0.05, 0) is 23.8 Å². The number of alkyl halides is 3. The molecule has 0 unspecified atom stereocenters. The van der Waals surface area contributed by atoms with Crippen molar-refractivity contribution in [1.29, 1.82) is 5.26 Å². The van der Waals surface area contributed by atoms with Crippen LogP contribution in [-0.2, 0) is 9.59 Å². The number of carbonyl (C=O) groups excluding carboxylic acids is 2. The molecule has 0 aromatic heterocycles. The highest BCUT2D eigenvalue weighted by molar-refractivity contribution is 5.94. The van der Waals surface area contributed by atoms with E-state index >= 15 is 0 Å². The number of hydrogen-bond acceptors (Lipinski definition) is 5. The van der Waals surface area contributed by atoms with Gasteiger partial charge in [0.25, 0.3) is 0 Å². The molecule has 10 heteroatoms. The van der Waals surface area contributed by atoms with Gasteiger partial charge in [0.1, 0.15) is 12.6 Å². The van der Waals surface area contributed by atoms with Gasteiger partial charge in [-0.3, -0.25) is 9.59 Å². The van der Waals surface area contributed by atoms with E-state index in [1.54, 1.807) is 23.5 Å². The molecule has 7 nitrogen and oxygen atoms in total. The molecule has 1 rings (SSSR count). The number of nitriles is 1. The third-order valence-electron chi connectivity index (χ3n) is 2.82. The highest BCUT2D eigenvalue weighted by Crippen LogP contribution is 2.28. The summed E-state index contributed by atoms with van der Waals surface area (Å²) < 4.78 is 46.1. The van der Waals surface area contributed by atoms with Crippen LogP contribution in [0.25, 0.3) is 6.08 Å². The maximum Gasteiger partial charge on any atom is 0.405 e. The van der Waals surface area contributed by atoms with Crippen molar-refractivity contribution in [3.05, 3.63) is 29.8 Å². The zero-order valence-corrected chi connectivity index (χ0v) is 13.7. The number of amides is 2. The summed E-state index contributed by atoms with van der Waals surface area (Å²) in [6.07, 6.45) is -1.98. The number of benzene rings is 1. The summed E-state index contributed by atoms with van der Waals surface area (Å²) in [6.45, 7) is -2.19. The number of methoxy groups -OCH3 is 1. The van der Waals surface area contributed by atoms with Crippen LogP contribution in [0.15, 0.2) is 24.3 Å².